The molecule has 1 fully saturated rings. The highest BCUT2D eigenvalue weighted by Crippen LogP contribution is 2.24. The van der Waals surface area contributed by atoms with Gasteiger partial charge in [-0.05, 0) is 56.4 Å². The van der Waals surface area contributed by atoms with Gasteiger partial charge in [0.25, 0.3) is 5.91 Å². The molecule has 3 heteroatoms. The molecule has 110 valence electrons. The number of hydrogen-bond donors (Lipinski definition) is 1. The van der Waals surface area contributed by atoms with E-state index in [1.807, 2.05) is 32.2 Å². The van der Waals surface area contributed by atoms with E-state index >= 15 is 0 Å². The van der Waals surface area contributed by atoms with Crippen molar-refractivity contribution in [1.82, 2.24) is 4.90 Å². The molecule has 0 radical (unpaired) electrons. The Morgan fingerprint density at radius 2 is 2.20 bits per heavy atom. The van der Waals surface area contributed by atoms with Crippen molar-refractivity contribution in [3.05, 3.63) is 29.3 Å². The average molecular weight is 274 g/mol. The van der Waals surface area contributed by atoms with Gasteiger partial charge in [0.15, 0.2) is 0 Å². The first kappa shape index (κ1) is 14.9. The molecule has 1 unspecified atom stereocenters. The highest BCUT2D eigenvalue weighted by atomic mass is 16.2. The maximum absolute atomic E-state index is 12.8. The quantitative estimate of drug-likeness (QED) is 0.905. The number of piperidine rings is 1. The Balaban J connectivity index is 2.20. The van der Waals surface area contributed by atoms with Gasteiger partial charge in [0.1, 0.15) is 0 Å². The fourth-order valence-corrected chi connectivity index (χ4v) is 3.12. The van der Waals surface area contributed by atoms with E-state index < -0.39 is 0 Å². The number of anilines is 1. The lowest BCUT2D eigenvalue weighted by Gasteiger charge is -2.36. The molecule has 1 aromatic rings. The topological polar surface area (TPSA) is 32.3 Å². The average Bonchev–Trinajstić information content (AvgIpc) is 2.47. The highest BCUT2D eigenvalue weighted by molar-refractivity contribution is 5.96. The minimum atomic E-state index is 0.211. The summed E-state index contributed by atoms with van der Waals surface area (Å²) in [6.07, 6.45) is 5.82. The van der Waals surface area contributed by atoms with Gasteiger partial charge in [-0.25, -0.2) is 0 Å². The molecule has 0 spiro atoms. The van der Waals surface area contributed by atoms with E-state index in [1.54, 1.807) is 0 Å². The van der Waals surface area contributed by atoms with Gasteiger partial charge in [-0.1, -0.05) is 13.3 Å². The van der Waals surface area contributed by atoms with Crippen LogP contribution in [0.15, 0.2) is 18.2 Å². The van der Waals surface area contributed by atoms with Crippen molar-refractivity contribution in [3.8, 4) is 0 Å². The summed E-state index contributed by atoms with van der Waals surface area (Å²) in [4.78, 5) is 14.9. The van der Waals surface area contributed by atoms with Gasteiger partial charge in [-0.2, -0.15) is 0 Å². The van der Waals surface area contributed by atoms with E-state index in [2.05, 4.69) is 17.1 Å². The van der Waals surface area contributed by atoms with E-state index in [4.69, 9.17) is 0 Å². The minimum absolute atomic E-state index is 0.211. The number of likely N-dealkylation sites (tertiary alicyclic amines) is 1. The van der Waals surface area contributed by atoms with Gasteiger partial charge >= 0.3 is 0 Å². The van der Waals surface area contributed by atoms with Crippen LogP contribution in [0.5, 0.6) is 0 Å². The number of nitrogens with zero attached hydrogens (tertiary/aromatic N) is 1. The van der Waals surface area contributed by atoms with Crippen LogP contribution in [-0.2, 0) is 0 Å². The normalized spacial score (nSPS) is 18.9. The van der Waals surface area contributed by atoms with E-state index in [9.17, 15) is 4.79 Å². The van der Waals surface area contributed by atoms with Crippen LogP contribution in [-0.4, -0.2) is 30.4 Å². The summed E-state index contributed by atoms with van der Waals surface area (Å²) in [5.41, 5.74) is 2.97. The molecule has 20 heavy (non-hydrogen) atoms. The minimum Gasteiger partial charge on any atom is -0.388 e. The number of nitrogens with one attached hydrogen (secondary N) is 1. The van der Waals surface area contributed by atoms with Gasteiger partial charge in [-0.3, -0.25) is 4.79 Å². The molecule has 1 N–H and O–H groups in total. The van der Waals surface area contributed by atoms with Crippen LogP contribution in [0.2, 0.25) is 0 Å². The molecule has 3 nitrogen and oxygen atoms in total. The van der Waals surface area contributed by atoms with Crippen molar-refractivity contribution >= 4 is 11.6 Å². The van der Waals surface area contributed by atoms with Crippen LogP contribution in [0.1, 0.15) is 54.9 Å². The summed E-state index contributed by atoms with van der Waals surface area (Å²) in [5, 5.41) is 3.12. The van der Waals surface area contributed by atoms with E-state index in [1.165, 1.54) is 6.42 Å². The van der Waals surface area contributed by atoms with Gasteiger partial charge in [0.05, 0.1) is 0 Å². The second kappa shape index (κ2) is 6.78. The molecule has 1 amide bonds. The molecule has 0 saturated carbocycles. The molecule has 1 saturated heterocycles. The third-order valence-corrected chi connectivity index (χ3v) is 4.26. The van der Waals surface area contributed by atoms with Crippen LogP contribution >= 0.6 is 0 Å². The maximum atomic E-state index is 12.8. The Morgan fingerprint density at radius 3 is 2.85 bits per heavy atom. The third kappa shape index (κ3) is 3.14. The van der Waals surface area contributed by atoms with Crippen molar-refractivity contribution in [1.29, 1.82) is 0 Å². The first-order valence-electron chi connectivity index (χ1n) is 7.76. The van der Waals surface area contributed by atoms with E-state index in [0.29, 0.717) is 6.04 Å². The molecule has 1 atom stereocenters. The van der Waals surface area contributed by atoms with E-state index in [-0.39, 0.29) is 5.91 Å². The Morgan fingerprint density at radius 1 is 1.40 bits per heavy atom. The van der Waals surface area contributed by atoms with Crippen LogP contribution in [0.3, 0.4) is 0 Å². The summed E-state index contributed by atoms with van der Waals surface area (Å²) < 4.78 is 0. The molecular weight excluding hydrogens is 248 g/mol. The molecular formula is C17H26N2O. The van der Waals surface area contributed by atoms with Crippen LogP contribution in [0.25, 0.3) is 0 Å². The number of benzene rings is 1. The van der Waals surface area contributed by atoms with Gasteiger partial charge < -0.3 is 10.2 Å². The van der Waals surface area contributed by atoms with E-state index in [0.717, 1.165) is 49.0 Å². The zero-order valence-electron chi connectivity index (χ0n) is 12.9. The lowest BCUT2D eigenvalue weighted by molar-refractivity contribution is 0.0600. The summed E-state index contributed by atoms with van der Waals surface area (Å²) in [6, 6.07) is 6.43. The predicted molar refractivity (Wildman–Crippen MR) is 84.3 cm³/mol. The predicted octanol–water partition coefficient (Wildman–Crippen LogP) is 3.83. The second-order valence-electron chi connectivity index (χ2n) is 5.72. The Hall–Kier alpha value is -1.51. The first-order chi connectivity index (χ1) is 9.67. The largest absolute Gasteiger partial charge is 0.388 e. The van der Waals surface area contributed by atoms with Crippen LogP contribution in [0, 0.1) is 6.92 Å². The Kier molecular flexibility index (Phi) is 5.05. The zero-order valence-corrected chi connectivity index (χ0v) is 12.9. The fraction of sp³-hybridized carbons (Fsp3) is 0.588. The number of rotatable bonds is 4. The molecule has 0 bridgehead atoms. The third-order valence-electron chi connectivity index (χ3n) is 4.26. The number of carbonyl (C=O) groups is 1. The fourth-order valence-electron chi connectivity index (χ4n) is 3.12. The molecule has 1 aliphatic rings. The molecule has 0 aromatic heterocycles. The summed E-state index contributed by atoms with van der Waals surface area (Å²) in [6.45, 7) is 5.13. The summed E-state index contributed by atoms with van der Waals surface area (Å²) in [7, 11) is 1.90. The molecule has 1 aromatic carbocycles. The van der Waals surface area contributed by atoms with Crippen molar-refractivity contribution < 1.29 is 4.79 Å². The number of amides is 1. The number of carbonyl (C=O) groups excluding carboxylic acids is 1. The smallest absolute Gasteiger partial charge is 0.254 e. The van der Waals surface area contributed by atoms with Crippen LogP contribution < -0.4 is 5.32 Å². The SMILES string of the molecule is CCCC1CCCCN1C(=O)c1ccc(NC)cc1C. The molecule has 0 aliphatic carbocycles. The summed E-state index contributed by atoms with van der Waals surface area (Å²) in [5.74, 6) is 0.211. The monoisotopic (exact) mass is 274 g/mol. The van der Waals surface area contributed by atoms with Crippen molar-refractivity contribution in [3.63, 3.8) is 0 Å². The van der Waals surface area contributed by atoms with Gasteiger partial charge in [-0.15, -0.1) is 0 Å². The Bertz CT molecular complexity index is 468. The highest BCUT2D eigenvalue weighted by Gasteiger charge is 2.27. The number of hydrogen-bond acceptors (Lipinski definition) is 2. The molecule has 1 heterocycles. The number of aryl methyl sites for hydroxylation is 1. The molecule has 2 rings (SSSR count). The first-order valence-corrected chi connectivity index (χ1v) is 7.76. The summed E-state index contributed by atoms with van der Waals surface area (Å²) >= 11 is 0. The van der Waals surface area contributed by atoms with Crippen LogP contribution in [0.4, 0.5) is 5.69 Å². The lowest BCUT2D eigenvalue weighted by Crippen LogP contribution is -2.43. The standard InChI is InChI=1S/C17H26N2O/c1-4-7-15-8-5-6-11-19(15)17(20)16-10-9-14(18-3)12-13(16)2/h9-10,12,15,18H,4-8,11H2,1-3H3. The van der Waals surface area contributed by atoms with Crippen molar-refractivity contribution in [2.24, 2.45) is 0 Å². The zero-order chi connectivity index (χ0) is 14.5. The molecule has 1 aliphatic heterocycles. The maximum Gasteiger partial charge on any atom is 0.254 e. The van der Waals surface area contributed by atoms with Crippen molar-refractivity contribution in [2.75, 3.05) is 18.9 Å². The second-order valence-corrected chi connectivity index (χ2v) is 5.72. The van der Waals surface area contributed by atoms with Gasteiger partial charge in [0, 0.05) is 30.9 Å². The lowest BCUT2D eigenvalue weighted by atomic mass is 9.96. The van der Waals surface area contributed by atoms with Crippen molar-refractivity contribution in [2.45, 2.75) is 52.0 Å². The Labute approximate surface area is 122 Å². The van der Waals surface area contributed by atoms with Gasteiger partial charge in [0.2, 0.25) is 0 Å².